The van der Waals surface area contributed by atoms with E-state index in [0.29, 0.717) is 18.8 Å². The summed E-state index contributed by atoms with van der Waals surface area (Å²) in [6, 6.07) is 4.08. The van der Waals surface area contributed by atoms with Crippen molar-refractivity contribution >= 4 is 5.91 Å². The SMILES string of the molecule is O=C(Cc1ccc(-n2nc(C(F)(F)F)c3c2CCOC3)cc1F)N1CCCC1. The van der Waals surface area contributed by atoms with Crippen LogP contribution >= 0.6 is 0 Å². The molecule has 0 aliphatic carbocycles. The fraction of sp³-hybridized carbons (Fsp3) is 0.474. The van der Waals surface area contributed by atoms with Gasteiger partial charge in [-0.2, -0.15) is 18.3 Å². The molecule has 1 fully saturated rings. The van der Waals surface area contributed by atoms with Gasteiger partial charge in [0, 0.05) is 25.1 Å². The van der Waals surface area contributed by atoms with Gasteiger partial charge in [-0.3, -0.25) is 4.79 Å². The summed E-state index contributed by atoms with van der Waals surface area (Å²) in [7, 11) is 0. The molecule has 2 aliphatic rings. The molecule has 2 aromatic rings. The van der Waals surface area contributed by atoms with E-state index in [-0.39, 0.29) is 48.8 Å². The lowest BCUT2D eigenvalue weighted by Crippen LogP contribution is -2.29. The topological polar surface area (TPSA) is 47.4 Å². The van der Waals surface area contributed by atoms with Crippen LogP contribution in [0.25, 0.3) is 5.69 Å². The van der Waals surface area contributed by atoms with E-state index in [1.54, 1.807) is 4.90 Å². The number of aromatic nitrogens is 2. The van der Waals surface area contributed by atoms with Gasteiger partial charge in [-0.1, -0.05) is 6.07 Å². The first-order valence-electron chi connectivity index (χ1n) is 9.17. The van der Waals surface area contributed by atoms with E-state index in [1.807, 2.05) is 0 Å². The van der Waals surface area contributed by atoms with E-state index in [1.165, 1.54) is 12.1 Å². The van der Waals surface area contributed by atoms with E-state index in [0.717, 1.165) is 23.6 Å². The van der Waals surface area contributed by atoms with Crippen LogP contribution in [0.3, 0.4) is 0 Å². The predicted octanol–water partition coefficient (Wildman–Crippen LogP) is 3.27. The Morgan fingerprint density at radius 3 is 2.64 bits per heavy atom. The van der Waals surface area contributed by atoms with Crippen molar-refractivity contribution in [1.82, 2.24) is 14.7 Å². The van der Waals surface area contributed by atoms with Crippen LogP contribution in [-0.2, 0) is 35.2 Å². The summed E-state index contributed by atoms with van der Waals surface area (Å²) < 4.78 is 60.8. The molecular weight excluding hydrogens is 378 g/mol. The highest BCUT2D eigenvalue weighted by Crippen LogP contribution is 2.35. The fourth-order valence-corrected chi connectivity index (χ4v) is 3.73. The largest absolute Gasteiger partial charge is 0.435 e. The third-order valence-corrected chi connectivity index (χ3v) is 5.17. The first-order chi connectivity index (χ1) is 13.3. The monoisotopic (exact) mass is 397 g/mol. The normalized spacial score (nSPS) is 17.1. The van der Waals surface area contributed by atoms with Crippen molar-refractivity contribution in [2.45, 2.75) is 38.5 Å². The maximum atomic E-state index is 14.6. The summed E-state index contributed by atoms with van der Waals surface area (Å²) in [6.45, 7) is 1.47. The summed E-state index contributed by atoms with van der Waals surface area (Å²) in [5, 5.41) is 3.70. The second kappa shape index (κ2) is 7.20. The van der Waals surface area contributed by atoms with Crippen molar-refractivity contribution in [2.75, 3.05) is 19.7 Å². The molecule has 0 spiro atoms. The zero-order chi connectivity index (χ0) is 19.9. The van der Waals surface area contributed by atoms with Gasteiger partial charge in [0.2, 0.25) is 5.91 Å². The van der Waals surface area contributed by atoms with E-state index in [2.05, 4.69) is 5.10 Å². The number of benzene rings is 1. The van der Waals surface area contributed by atoms with Crippen molar-refractivity contribution in [3.05, 3.63) is 46.5 Å². The lowest BCUT2D eigenvalue weighted by Gasteiger charge is -2.17. The van der Waals surface area contributed by atoms with E-state index >= 15 is 0 Å². The average Bonchev–Trinajstić information content (AvgIpc) is 3.31. The third-order valence-electron chi connectivity index (χ3n) is 5.17. The standard InChI is InChI=1S/C19H19F4N3O2/c20-15-10-13(4-3-12(15)9-17(27)25-6-1-2-7-25)26-16-5-8-28-11-14(16)18(24-26)19(21,22)23/h3-4,10H,1-2,5-9,11H2. The van der Waals surface area contributed by atoms with Crippen molar-refractivity contribution in [3.8, 4) is 5.69 Å². The molecule has 9 heteroatoms. The summed E-state index contributed by atoms with van der Waals surface area (Å²) in [5.41, 5.74) is -0.216. The zero-order valence-corrected chi connectivity index (χ0v) is 15.1. The average molecular weight is 397 g/mol. The number of carbonyl (C=O) groups excluding carboxylic acids is 1. The molecule has 0 saturated carbocycles. The number of hydrogen-bond donors (Lipinski definition) is 0. The molecule has 2 aliphatic heterocycles. The Morgan fingerprint density at radius 1 is 1.21 bits per heavy atom. The molecule has 0 atom stereocenters. The smallest absolute Gasteiger partial charge is 0.376 e. The van der Waals surface area contributed by atoms with Crippen molar-refractivity contribution in [3.63, 3.8) is 0 Å². The summed E-state index contributed by atoms with van der Waals surface area (Å²) in [5.74, 6) is -0.771. The predicted molar refractivity (Wildman–Crippen MR) is 91.4 cm³/mol. The minimum Gasteiger partial charge on any atom is -0.376 e. The Kier molecular flexibility index (Phi) is 4.86. The van der Waals surface area contributed by atoms with Gasteiger partial charge in [0.1, 0.15) is 5.82 Å². The molecule has 0 radical (unpaired) electrons. The summed E-state index contributed by atoms with van der Waals surface area (Å²) in [6.07, 6.45) is -2.53. The van der Waals surface area contributed by atoms with Gasteiger partial charge in [-0.15, -0.1) is 0 Å². The molecule has 4 rings (SSSR count). The van der Waals surface area contributed by atoms with Crippen molar-refractivity contribution in [2.24, 2.45) is 0 Å². The van der Waals surface area contributed by atoms with E-state index < -0.39 is 17.7 Å². The van der Waals surface area contributed by atoms with Gasteiger partial charge in [-0.25, -0.2) is 9.07 Å². The molecule has 0 bridgehead atoms. The Morgan fingerprint density at radius 2 is 1.96 bits per heavy atom. The lowest BCUT2D eigenvalue weighted by atomic mass is 10.1. The van der Waals surface area contributed by atoms with Crippen LogP contribution < -0.4 is 0 Å². The first-order valence-corrected chi connectivity index (χ1v) is 9.17. The summed E-state index contributed by atoms with van der Waals surface area (Å²) >= 11 is 0. The van der Waals surface area contributed by atoms with Crippen LogP contribution in [0.5, 0.6) is 0 Å². The summed E-state index contributed by atoms with van der Waals surface area (Å²) in [4.78, 5) is 13.9. The Bertz CT molecular complexity index is 901. The molecular formula is C19H19F4N3O2. The number of likely N-dealkylation sites (tertiary alicyclic amines) is 1. The van der Waals surface area contributed by atoms with Gasteiger partial charge < -0.3 is 9.64 Å². The first kappa shape index (κ1) is 18.9. The van der Waals surface area contributed by atoms with Crippen LogP contribution in [0.15, 0.2) is 18.2 Å². The van der Waals surface area contributed by atoms with E-state index in [9.17, 15) is 22.4 Å². The van der Waals surface area contributed by atoms with Crippen LogP contribution in [0.1, 0.15) is 35.4 Å². The molecule has 150 valence electrons. The molecule has 1 amide bonds. The maximum absolute atomic E-state index is 14.6. The number of ether oxygens (including phenoxy) is 1. The molecule has 1 saturated heterocycles. The minimum atomic E-state index is -4.61. The Labute approximate surface area is 158 Å². The quantitative estimate of drug-likeness (QED) is 0.747. The molecule has 1 aromatic heterocycles. The van der Waals surface area contributed by atoms with Crippen LogP contribution in [0.4, 0.5) is 17.6 Å². The highest BCUT2D eigenvalue weighted by Gasteiger charge is 2.40. The van der Waals surface area contributed by atoms with E-state index in [4.69, 9.17) is 4.74 Å². The fourth-order valence-electron chi connectivity index (χ4n) is 3.73. The second-order valence-electron chi connectivity index (χ2n) is 7.03. The van der Waals surface area contributed by atoms with Crippen LogP contribution in [-0.4, -0.2) is 40.3 Å². The molecule has 0 N–H and O–H groups in total. The van der Waals surface area contributed by atoms with Gasteiger partial charge >= 0.3 is 6.18 Å². The number of alkyl halides is 3. The van der Waals surface area contributed by atoms with Crippen molar-refractivity contribution in [1.29, 1.82) is 0 Å². The van der Waals surface area contributed by atoms with Crippen molar-refractivity contribution < 1.29 is 27.1 Å². The van der Waals surface area contributed by atoms with Crippen LogP contribution in [0.2, 0.25) is 0 Å². The lowest BCUT2D eigenvalue weighted by molar-refractivity contribution is -0.142. The second-order valence-corrected chi connectivity index (χ2v) is 7.03. The highest BCUT2D eigenvalue weighted by atomic mass is 19.4. The number of rotatable bonds is 3. The number of carbonyl (C=O) groups is 1. The number of fused-ring (bicyclic) bond motifs is 1. The number of halogens is 4. The molecule has 0 unspecified atom stereocenters. The number of nitrogens with zero attached hydrogens (tertiary/aromatic N) is 3. The number of amides is 1. The zero-order valence-electron chi connectivity index (χ0n) is 15.1. The van der Waals surface area contributed by atoms with Gasteiger partial charge in [0.05, 0.1) is 31.0 Å². The van der Waals surface area contributed by atoms with Gasteiger partial charge in [0.25, 0.3) is 0 Å². The molecule has 28 heavy (non-hydrogen) atoms. The maximum Gasteiger partial charge on any atom is 0.435 e. The number of hydrogen-bond acceptors (Lipinski definition) is 3. The third kappa shape index (κ3) is 3.50. The Hall–Kier alpha value is -2.42. The Balaban J connectivity index is 1.64. The van der Waals surface area contributed by atoms with Gasteiger partial charge in [0.15, 0.2) is 5.69 Å². The van der Waals surface area contributed by atoms with Crippen LogP contribution in [0, 0.1) is 5.82 Å². The highest BCUT2D eigenvalue weighted by molar-refractivity contribution is 5.79. The van der Waals surface area contributed by atoms with Gasteiger partial charge in [-0.05, 0) is 30.5 Å². The minimum absolute atomic E-state index is 0.00699. The molecule has 5 nitrogen and oxygen atoms in total. The molecule has 1 aromatic carbocycles. The molecule has 3 heterocycles.